The van der Waals surface area contributed by atoms with Crippen LogP contribution in [-0.4, -0.2) is 33.9 Å². The van der Waals surface area contributed by atoms with Crippen molar-refractivity contribution in [3.05, 3.63) is 57.2 Å². The maximum absolute atomic E-state index is 12.3. The molecule has 1 aromatic carbocycles. The quantitative estimate of drug-likeness (QED) is 0.626. The van der Waals surface area contributed by atoms with Crippen molar-refractivity contribution in [1.29, 1.82) is 0 Å². The number of amides is 1. The first kappa shape index (κ1) is 18.6. The van der Waals surface area contributed by atoms with E-state index >= 15 is 0 Å². The van der Waals surface area contributed by atoms with E-state index < -0.39 is 0 Å². The van der Waals surface area contributed by atoms with E-state index in [0.29, 0.717) is 18.1 Å². The Hall–Kier alpha value is -2.80. The molecule has 3 heterocycles. The number of thiazole rings is 1. The molecular weight excluding hydrogens is 370 g/mol. The zero-order valence-corrected chi connectivity index (χ0v) is 16.9. The molecule has 4 rings (SSSR count). The number of hydrogen-bond acceptors (Lipinski definition) is 6. The molecule has 2 aromatic heterocycles. The van der Waals surface area contributed by atoms with Gasteiger partial charge in [-0.25, -0.2) is 15.0 Å². The summed E-state index contributed by atoms with van der Waals surface area (Å²) in [6.45, 7) is 5.55. The van der Waals surface area contributed by atoms with Crippen molar-refractivity contribution >= 4 is 23.1 Å². The number of carbonyl (C=O) groups excluding carboxylic acids is 1. The molecule has 2 N–H and O–H groups in total. The third-order valence-electron chi connectivity index (χ3n) is 4.85. The van der Waals surface area contributed by atoms with E-state index in [-0.39, 0.29) is 5.91 Å². The van der Waals surface area contributed by atoms with Crippen molar-refractivity contribution in [2.75, 3.05) is 18.4 Å². The summed E-state index contributed by atoms with van der Waals surface area (Å²) in [6.07, 6.45) is 2.63. The lowest BCUT2D eigenvalue weighted by Crippen LogP contribution is -2.34. The number of carbonyl (C=O) groups is 1. The largest absolute Gasteiger partial charge is 0.370 e. The van der Waals surface area contributed by atoms with E-state index in [1.165, 1.54) is 9.88 Å². The molecule has 0 saturated carbocycles. The highest BCUT2D eigenvalue weighted by molar-refractivity contribution is 7.11. The van der Waals surface area contributed by atoms with Gasteiger partial charge in [0.05, 0.1) is 10.7 Å². The van der Waals surface area contributed by atoms with Crippen molar-refractivity contribution < 1.29 is 4.79 Å². The van der Waals surface area contributed by atoms with E-state index in [4.69, 9.17) is 4.98 Å². The van der Waals surface area contributed by atoms with Crippen LogP contribution in [-0.2, 0) is 12.8 Å². The molecule has 1 amide bonds. The third-order valence-corrected chi connectivity index (χ3v) is 5.98. The monoisotopic (exact) mass is 393 g/mol. The van der Waals surface area contributed by atoms with E-state index in [2.05, 4.69) is 34.4 Å². The van der Waals surface area contributed by atoms with Crippen LogP contribution in [0, 0.1) is 13.8 Å². The van der Waals surface area contributed by atoms with Gasteiger partial charge in [0.15, 0.2) is 5.82 Å². The van der Waals surface area contributed by atoms with Crippen molar-refractivity contribution in [1.82, 2.24) is 20.3 Å². The molecule has 1 aliphatic rings. The lowest BCUT2D eigenvalue weighted by Gasteiger charge is -2.20. The molecule has 0 aliphatic carbocycles. The second-order valence-electron chi connectivity index (χ2n) is 6.87. The second kappa shape index (κ2) is 8.06. The summed E-state index contributed by atoms with van der Waals surface area (Å²) in [5.74, 6) is 1.22. The summed E-state index contributed by atoms with van der Waals surface area (Å²) in [5, 5.41) is 7.49. The molecule has 3 aromatic rings. The lowest BCUT2D eigenvalue weighted by molar-refractivity contribution is 0.0940. The molecule has 0 saturated heterocycles. The van der Waals surface area contributed by atoms with Gasteiger partial charge in [0, 0.05) is 35.5 Å². The van der Waals surface area contributed by atoms with Gasteiger partial charge in [-0.1, -0.05) is 30.3 Å². The zero-order valence-electron chi connectivity index (χ0n) is 16.1. The van der Waals surface area contributed by atoms with Gasteiger partial charge in [-0.2, -0.15) is 0 Å². The van der Waals surface area contributed by atoms with Crippen LogP contribution in [0.2, 0.25) is 0 Å². The van der Waals surface area contributed by atoms with E-state index in [1.807, 2.05) is 30.3 Å². The standard InChI is InChI=1S/C21H23N5OS/c1-13-14(2)28-17(24-13)9-6-11-22-20-16-10-12-23-21(27)18(16)25-19(26-20)15-7-4-3-5-8-15/h3-5,7-8H,6,9-12H2,1-2H3,(H,23,27)(H,22,25,26). The second-order valence-corrected chi connectivity index (χ2v) is 8.16. The number of aromatic nitrogens is 3. The average molecular weight is 394 g/mol. The van der Waals surface area contributed by atoms with E-state index in [0.717, 1.165) is 48.4 Å². The predicted octanol–water partition coefficient (Wildman–Crippen LogP) is 3.55. The minimum absolute atomic E-state index is 0.127. The summed E-state index contributed by atoms with van der Waals surface area (Å²) in [6, 6.07) is 9.77. The smallest absolute Gasteiger partial charge is 0.270 e. The molecule has 0 bridgehead atoms. The third kappa shape index (κ3) is 3.89. The lowest BCUT2D eigenvalue weighted by atomic mass is 10.1. The molecule has 0 radical (unpaired) electrons. The molecule has 0 fully saturated rings. The van der Waals surface area contributed by atoms with Gasteiger partial charge < -0.3 is 10.6 Å². The van der Waals surface area contributed by atoms with Crippen LogP contribution >= 0.6 is 11.3 Å². The van der Waals surface area contributed by atoms with Gasteiger partial charge in [0.25, 0.3) is 5.91 Å². The Bertz CT molecular complexity index is 980. The van der Waals surface area contributed by atoms with Crippen LogP contribution in [0.3, 0.4) is 0 Å². The SMILES string of the molecule is Cc1nc(CCCNc2nc(-c3ccccc3)nc3c2CCNC3=O)sc1C. The van der Waals surface area contributed by atoms with Crippen LogP contribution in [0.4, 0.5) is 5.82 Å². The Kier molecular flexibility index (Phi) is 5.34. The Balaban J connectivity index is 1.53. The van der Waals surface area contributed by atoms with Gasteiger partial charge in [-0.15, -0.1) is 11.3 Å². The van der Waals surface area contributed by atoms with Crippen molar-refractivity contribution in [2.45, 2.75) is 33.1 Å². The van der Waals surface area contributed by atoms with Gasteiger partial charge in [-0.3, -0.25) is 4.79 Å². The summed E-state index contributed by atoms with van der Waals surface area (Å²) >= 11 is 1.77. The first-order valence-electron chi connectivity index (χ1n) is 9.53. The van der Waals surface area contributed by atoms with Crippen molar-refractivity contribution in [3.8, 4) is 11.4 Å². The number of anilines is 1. The molecule has 0 unspecified atom stereocenters. The highest BCUT2D eigenvalue weighted by atomic mass is 32.1. The fourth-order valence-corrected chi connectivity index (χ4v) is 4.22. The first-order chi connectivity index (χ1) is 13.6. The minimum atomic E-state index is -0.127. The molecule has 7 heteroatoms. The van der Waals surface area contributed by atoms with Crippen LogP contribution < -0.4 is 10.6 Å². The first-order valence-corrected chi connectivity index (χ1v) is 10.3. The zero-order chi connectivity index (χ0) is 19.5. The summed E-state index contributed by atoms with van der Waals surface area (Å²) in [7, 11) is 0. The predicted molar refractivity (Wildman–Crippen MR) is 112 cm³/mol. The maximum Gasteiger partial charge on any atom is 0.270 e. The topological polar surface area (TPSA) is 79.8 Å². The number of nitrogens with zero attached hydrogens (tertiary/aromatic N) is 3. The molecule has 144 valence electrons. The average Bonchev–Trinajstić information content (AvgIpc) is 3.03. The number of nitrogens with one attached hydrogen (secondary N) is 2. The van der Waals surface area contributed by atoms with E-state index in [9.17, 15) is 4.79 Å². The Labute approximate surface area is 168 Å². The van der Waals surface area contributed by atoms with Gasteiger partial charge in [-0.05, 0) is 26.7 Å². The van der Waals surface area contributed by atoms with Crippen LogP contribution in [0.15, 0.2) is 30.3 Å². The highest BCUT2D eigenvalue weighted by Crippen LogP contribution is 2.25. The van der Waals surface area contributed by atoms with Crippen LogP contribution in [0.25, 0.3) is 11.4 Å². The molecule has 0 spiro atoms. The number of aryl methyl sites for hydroxylation is 3. The van der Waals surface area contributed by atoms with Gasteiger partial charge in [0.1, 0.15) is 11.5 Å². The Morgan fingerprint density at radius 3 is 2.71 bits per heavy atom. The summed E-state index contributed by atoms with van der Waals surface area (Å²) in [5.41, 5.74) is 3.41. The summed E-state index contributed by atoms with van der Waals surface area (Å²) < 4.78 is 0. The molecule has 0 atom stereocenters. The molecule has 1 aliphatic heterocycles. The fourth-order valence-electron chi connectivity index (χ4n) is 3.25. The van der Waals surface area contributed by atoms with Gasteiger partial charge >= 0.3 is 0 Å². The highest BCUT2D eigenvalue weighted by Gasteiger charge is 2.24. The molecular formula is C21H23N5OS. The molecule has 28 heavy (non-hydrogen) atoms. The Morgan fingerprint density at radius 2 is 1.96 bits per heavy atom. The fraction of sp³-hybridized carbons (Fsp3) is 0.333. The van der Waals surface area contributed by atoms with E-state index in [1.54, 1.807) is 11.3 Å². The van der Waals surface area contributed by atoms with Crippen LogP contribution in [0.5, 0.6) is 0 Å². The Morgan fingerprint density at radius 1 is 1.14 bits per heavy atom. The number of rotatable bonds is 6. The normalized spacial score (nSPS) is 13.1. The summed E-state index contributed by atoms with van der Waals surface area (Å²) in [4.78, 5) is 27.5. The van der Waals surface area contributed by atoms with Crippen LogP contribution in [0.1, 0.15) is 38.1 Å². The van der Waals surface area contributed by atoms with Crippen molar-refractivity contribution in [2.24, 2.45) is 0 Å². The van der Waals surface area contributed by atoms with Gasteiger partial charge in [0.2, 0.25) is 0 Å². The number of benzene rings is 1. The number of fused-ring (bicyclic) bond motifs is 1. The van der Waals surface area contributed by atoms with Crippen molar-refractivity contribution in [3.63, 3.8) is 0 Å². The molecule has 6 nitrogen and oxygen atoms in total. The maximum atomic E-state index is 12.3. The minimum Gasteiger partial charge on any atom is -0.370 e. The number of hydrogen-bond donors (Lipinski definition) is 2.